The van der Waals surface area contributed by atoms with Gasteiger partial charge in [-0.2, -0.15) is 5.10 Å². The van der Waals surface area contributed by atoms with Gasteiger partial charge in [0.15, 0.2) is 5.82 Å². The summed E-state index contributed by atoms with van der Waals surface area (Å²) in [6.45, 7) is 5.90. The van der Waals surface area contributed by atoms with Crippen LogP contribution in [0, 0.1) is 20.8 Å². The van der Waals surface area contributed by atoms with Gasteiger partial charge >= 0.3 is 0 Å². The first kappa shape index (κ1) is 10.3. The van der Waals surface area contributed by atoms with Gasteiger partial charge in [-0.15, -0.1) is 0 Å². The van der Waals surface area contributed by atoms with E-state index in [1.165, 1.54) is 0 Å². The standard InChI is InChI=1S/C10H11BrN4/c1-6-4-9(13-5-12-6)15-8(3)10(11)7(2)14-15/h4-5H,1-3H3. The fraction of sp³-hybridized carbons (Fsp3) is 0.300. The molecule has 2 rings (SSSR count). The Hall–Kier alpha value is -1.23. The van der Waals surface area contributed by atoms with E-state index in [0.717, 1.165) is 27.4 Å². The molecule has 0 atom stereocenters. The molecule has 0 unspecified atom stereocenters. The van der Waals surface area contributed by atoms with Crippen molar-refractivity contribution in [2.45, 2.75) is 20.8 Å². The van der Waals surface area contributed by atoms with Crippen molar-refractivity contribution >= 4 is 15.9 Å². The van der Waals surface area contributed by atoms with Crippen molar-refractivity contribution in [3.05, 3.63) is 33.9 Å². The highest BCUT2D eigenvalue weighted by Gasteiger charge is 2.10. The Labute approximate surface area is 96.5 Å². The lowest BCUT2D eigenvalue weighted by atomic mass is 10.4. The average molecular weight is 267 g/mol. The molecule has 2 aromatic heterocycles. The van der Waals surface area contributed by atoms with Gasteiger partial charge in [-0.05, 0) is 36.7 Å². The highest BCUT2D eigenvalue weighted by atomic mass is 79.9. The first-order valence-corrected chi connectivity index (χ1v) is 5.39. The lowest BCUT2D eigenvalue weighted by Crippen LogP contribution is -2.02. The second-order valence-corrected chi connectivity index (χ2v) is 4.21. The molecule has 0 aliphatic carbocycles. The SMILES string of the molecule is Cc1cc(-n2nc(C)c(Br)c2C)ncn1. The number of hydrogen-bond acceptors (Lipinski definition) is 3. The summed E-state index contributed by atoms with van der Waals surface area (Å²) >= 11 is 3.49. The molecule has 2 aromatic rings. The molecule has 0 aliphatic heterocycles. The summed E-state index contributed by atoms with van der Waals surface area (Å²) < 4.78 is 2.84. The van der Waals surface area contributed by atoms with Gasteiger partial charge in [0.05, 0.1) is 15.9 Å². The summed E-state index contributed by atoms with van der Waals surface area (Å²) in [4.78, 5) is 8.25. The summed E-state index contributed by atoms with van der Waals surface area (Å²) in [6.07, 6.45) is 1.55. The zero-order valence-electron chi connectivity index (χ0n) is 8.82. The van der Waals surface area contributed by atoms with E-state index in [4.69, 9.17) is 0 Å². The molecular weight excluding hydrogens is 256 g/mol. The van der Waals surface area contributed by atoms with E-state index in [1.807, 2.05) is 31.5 Å². The second kappa shape index (κ2) is 3.73. The van der Waals surface area contributed by atoms with Crippen molar-refractivity contribution in [3.8, 4) is 5.82 Å². The monoisotopic (exact) mass is 266 g/mol. The van der Waals surface area contributed by atoms with E-state index in [-0.39, 0.29) is 0 Å². The fourth-order valence-corrected chi connectivity index (χ4v) is 1.65. The third-order valence-corrected chi connectivity index (χ3v) is 3.36. The summed E-state index contributed by atoms with van der Waals surface area (Å²) in [5, 5.41) is 4.40. The number of aromatic nitrogens is 4. The largest absolute Gasteiger partial charge is 0.242 e. The van der Waals surface area contributed by atoms with Gasteiger partial charge in [-0.1, -0.05) is 0 Å². The number of halogens is 1. The highest BCUT2D eigenvalue weighted by Crippen LogP contribution is 2.21. The van der Waals surface area contributed by atoms with Crippen molar-refractivity contribution in [2.75, 3.05) is 0 Å². The molecule has 5 heteroatoms. The van der Waals surface area contributed by atoms with E-state index in [2.05, 4.69) is 31.0 Å². The smallest absolute Gasteiger partial charge is 0.157 e. The molecule has 4 nitrogen and oxygen atoms in total. The van der Waals surface area contributed by atoms with Crippen LogP contribution in [0.1, 0.15) is 17.1 Å². The van der Waals surface area contributed by atoms with Crippen LogP contribution >= 0.6 is 15.9 Å². The summed E-state index contributed by atoms with van der Waals surface area (Å²) in [5.41, 5.74) is 2.94. The third kappa shape index (κ3) is 1.79. The molecule has 0 amide bonds. The van der Waals surface area contributed by atoms with E-state index in [1.54, 1.807) is 6.33 Å². The van der Waals surface area contributed by atoms with Crippen LogP contribution in [0.25, 0.3) is 5.82 Å². The third-order valence-electron chi connectivity index (χ3n) is 2.21. The first-order valence-electron chi connectivity index (χ1n) is 4.60. The van der Waals surface area contributed by atoms with Crippen molar-refractivity contribution in [3.63, 3.8) is 0 Å². The van der Waals surface area contributed by atoms with Crippen LogP contribution in [0.3, 0.4) is 0 Å². The Morgan fingerprint density at radius 2 is 1.93 bits per heavy atom. The fourth-order valence-electron chi connectivity index (χ4n) is 1.40. The number of nitrogens with zero attached hydrogens (tertiary/aromatic N) is 4. The molecule has 0 N–H and O–H groups in total. The Morgan fingerprint density at radius 3 is 2.47 bits per heavy atom. The highest BCUT2D eigenvalue weighted by molar-refractivity contribution is 9.10. The van der Waals surface area contributed by atoms with Crippen LogP contribution in [0.15, 0.2) is 16.9 Å². The van der Waals surface area contributed by atoms with Gasteiger partial charge in [-0.3, -0.25) is 0 Å². The van der Waals surface area contributed by atoms with E-state index in [0.29, 0.717) is 0 Å². The van der Waals surface area contributed by atoms with Crippen LogP contribution in [0.2, 0.25) is 0 Å². The Bertz CT molecular complexity index is 504. The van der Waals surface area contributed by atoms with Crippen molar-refractivity contribution in [2.24, 2.45) is 0 Å². The Kier molecular flexibility index (Phi) is 2.56. The van der Waals surface area contributed by atoms with Gasteiger partial charge in [0.1, 0.15) is 6.33 Å². The number of rotatable bonds is 1. The van der Waals surface area contributed by atoms with Crippen molar-refractivity contribution in [1.82, 2.24) is 19.7 Å². The van der Waals surface area contributed by atoms with Crippen LogP contribution in [-0.2, 0) is 0 Å². The maximum Gasteiger partial charge on any atom is 0.157 e. The Balaban J connectivity index is 2.59. The number of hydrogen-bond donors (Lipinski definition) is 0. The molecule has 15 heavy (non-hydrogen) atoms. The molecular formula is C10H11BrN4. The molecule has 0 radical (unpaired) electrons. The predicted octanol–water partition coefficient (Wildman–Crippen LogP) is 2.35. The van der Waals surface area contributed by atoms with Gasteiger partial charge < -0.3 is 0 Å². The minimum Gasteiger partial charge on any atom is -0.242 e. The first-order chi connectivity index (χ1) is 7.09. The summed E-state index contributed by atoms with van der Waals surface area (Å²) in [7, 11) is 0. The van der Waals surface area contributed by atoms with Gasteiger partial charge in [0.2, 0.25) is 0 Å². The maximum absolute atomic E-state index is 4.40. The molecule has 2 heterocycles. The molecule has 0 aliphatic rings. The minimum absolute atomic E-state index is 0.800. The molecule has 0 fully saturated rings. The van der Waals surface area contributed by atoms with Crippen molar-refractivity contribution in [1.29, 1.82) is 0 Å². The van der Waals surface area contributed by atoms with Gasteiger partial charge in [0, 0.05) is 11.8 Å². The van der Waals surface area contributed by atoms with E-state index < -0.39 is 0 Å². The Morgan fingerprint density at radius 1 is 1.20 bits per heavy atom. The zero-order chi connectivity index (χ0) is 11.0. The van der Waals surface area contributed by atoms with Crippen LogP contribution in [0.4, 0.5) is 0 Å². The maximum atomic E-state index is 4.40. The minimum atomic E-state index is 0.800. The zero-order valence-corrected chi connectivity index (χ0v) is 10.4. The molecule has 78 valence electrons. The quantitative estimate of drug-likeness (QED) is 0.796. The van der Waals surface area contributed by atoms with Crippen LogP contribution in [0.5, 0.6) is 0 Å². The van der Waals surface area contributed by atoms with Crippen LogP contribution < -0.4 is 0 Å². The van der Waals surface area contributed by atoms with Crippen LogP contribution in [-0.4, -0.2) is 19.7 Å². The summed E-state index contributed by atoms with van der Waals surface area (Å²) in [5.74, 6) is 0.800. The van der Waals surface area contributed by atoms with Gasteiger partial charge in [-0.25, -0.2) is 14.6 Å². The molecule has 0 spiro atoms. The molecule has 0 aromatic carbocycles. The predicted molar refractivity (Wildman–Crippen MR) is 61.1 cm³/mol. The van der Waals surface area contributed by atoms with Gasteiger partial charge in [0.25, 0.3) is 0 Å². The lowest BCUT2D eigenvalue weighted by molar-refractivity contribution is 0.797. The normalized spacial score (nSPS) is 10.7. The van der Waals surface area contributed by atoms with E-state index >= 15 is 0 Å². The molecule has 0 saturated carbocycles. The summed E-state index contributed by atoms with van der Waals surface area (Å²) in [6, 6.07) is 1.91. The lowest BCUT2D eigenvalue weighted by Gasteiger charge is -2.02. The van der Waals surface area contributed by atoms with Crippen molar-refractivity contribution < 1.29 is 0 Å². The topological polar surface area (TPSA) is 43.6 Å². The molecule has 0 bridgehead atoms. The number of aryl methyl sites for hydroxylation is 2. The van der Waals surface area contributed by atoms with E-state index in [9.17, 15) is 0 Å². The average Bonchev–Trinajstić information content (AvgIpc) is 2.46. The second-order valence-electron chi connectivity index (χ2n) is 3.41. The molecule has 0 saturated heterocycles.